The number of hydrogen-bond donors (Lipinski definition) is 1. The fourth-order valence-corrected chi connectivity index (χ4v) is 4.54. The summed E-state index contributed by atoms with van der Waals surface area (Å²) < 4.78 is 10.8. The van der Waals surface area contributed by atoms with Gasteiger partial charge in [0.05, 0.1) is 30.5 Å². The summed E-state index contributed by atoms with van der Waals surface area (Å²) in [6.07, 6.45) is 1.45. The molecular formula is C25H25N3O5. The molecule has 8 heteroatoms. The number of urea groups is 1. The number of rotatable bonds is 6. The number of amides is 3. The summed E-state index contributed by atoms with van der Waals surface area (Å²) in [5, 5.41) is 2.95. The Hall–Kier alpha value is -3.81. The molecule has 3 aliphatic rings. The summed E-state index contributed by atoms with van der Waals surface area (Å²) in [6.45, 7) is 3.57. The van der Waals surface area contributed by atoms with Crippen LogP contribution in [0.3, 0.4) is 0 Å². The van der Waals surface area contributed by atoms with E-state index in [-0.39, 0.29) is 18.5 Å². The van der Waals surface area contributed by atoms with Gasteiger partial charge in [-0.2, -0.15) is 0 Å². The predicted octanol–water partition coefficient (Wildman–Crippen LogP) is 3.29. The Kier molecular flexibility index (Phi) is 5.50. The van der Waals surface area contributed by atoms with Crippen molar-refractivity contribution < 1.29 is 23.9 Å². The zero-order valence-corrected chi connectivity index (χ0v) is 18.4. The van der Waals surface area contributed by atoms with Crippen molar-refractivity contribution >= 4 is 23.6 Å². The summed E-state index contributed by atoms with van der Waals surface area (Å²) in [5.41, 5.74) is 3.59. The Morgan fingerprint density at radius 3 is 2.48 bits per heavy atom. The van der Waals surface area contributed by atoms with Gasteiger partial charge in [0.1, 0.15) is 12.4 Å². The topological polar surface area (TPSA) is 88.2 Å². The minimum Gasteiger partial charge on any atom is -0.494 e. The van der Waals surface area contributed by atoms with E-state index in [0.717, 1.165) is 35.5 Å². The highest BCUT2D eigenvalue weighted by Crippen LogP contribution is 2.36. The SMILES string of the molecule is CCOc1ccc([C@@H]2NC(=O)N(Cc3ccc(N4CCCC4=O)cc3)C3=C2C(=O)OC3)cc1. The van der Waals surface area contributed by atoms with Gasteiger partial charge in [0, 0.05) is 18.7 Å². The molecule has 0 saturated carbocycles. The first-order valence-electron chi connectivity index (χ1n) is 11.2. The highest BCUT2D eigenvalue weighted by Gasteiger charge is 2.42. The predicted molar refractivity (Wildman–Crippen MR) is 120 cm³/mol. The van der Waals surface area contributed by atoms with E-state index < -0.39 is 12.0 Å². The number of hydrogen-bond acceptors (Lipinski definition) is 5. The Morgan fingerprint density at radius 2 is 1.82 bits per heavy atom. The van der Waals surface area contributed by atoms with Gasteiger partial charge in [0.2, 0.25) is 5.91 Å². The molecule has 0 bridgehead atoms. The maximum Gasteiger partial charge on any atom is 0.338 e. The van der Waals surface area contributed by atoms with Gasteiger partial charge >= 0.3 is 12.0 Å². The van der Waals surface area contributed by atoms with Crippen molar-refractivity contribution in [1.82, 2.24) is 10.2 Å². The van der Waals surface area contributed by atoms with E-state index in [1.807, 2.05) is 55.5 Å². The van der Waals surface area contributed by atoms with Crippen LogP contribution in [0.4, 0.5) is 10.5 Å². The Morgan fingerprint density at radius 1 is 1.06 bits per heavy atom. The lowest BCUT2D eigenvalue weighted by Crippen LogP contribution is -2.46. The van der Waals surface area contributed by atoms with Crippen LogP contribution >= 0.6 is 0 Å². The molecule has 1 saturated heterocycles. The van der Waals surface area contributed by atoms with Crippen LogP contribution in [0.15, 0.2) is 59.8 Å². The van der Waals surface area contributed by atoms with Crippen LogP contribution in [0.5, 0.6) is 5.75 Å². The number of carbonyl (C=O) groups is 3. The molecule has 1 N–H and O–H groups in total. The quantitative estimate of drug-likeness (QED) is 0.687. The second-order valence-electron chi connectivity index (χ2n) is 8.22. The highest BCUT2D eigenvalue weighted by molar-refractivity contribution is 5.97. The monoisotopic (exact) mass is 447 g/mol. The van der Waals surface area contributed by atoms with E-state index in [9.17, 15) is 14.4 Å². The molecular weight excluding hydrogens is 422 g/mol. The molecule has 0 radical (unpaired) electrons. The number of ether oxygens (including phenoxy) is 2. The Labute approximate surface area is 191 Å². The molecule has 0 aliphatic carbocycles. The lowest BCUT2D eigenvalue weighted by Gasteiger charge is -2.33. The smallest absolute Gasteiger partial charge is 0.338 e. The number of nitrogens with one attached hydrogen (secondary N) is 1. The Bertz CT molecular complexity index is 1120. The van der Waals surface area contributed by atoms with Crippen LogP contribution in [0.25, 0.3) is 0 Å². The number of nitrogens with zero attached hydrogens (tertiary/aromatic N) is 2. The van der Waals surface area contributed by atoms with Crippen LogP contribution in [0.2, 0.25) is 0 Å². The lowest BCUT2D eigenvalue weighted by atomic mass is 9.95. The molecule has 5 rings (SSSR count). The van der Waals surface area contributed by atoms with Crippen LogP contribution < -0.4 is 15.0 Å². The van der Waals surface area contributed by atoms with E-state index in [1.54, 1.807) is 9.80 Å². The Balaban J connectivity index is 1.39. The molecule has 1 atom stereocenters. The maximum absolute atomic E-state index is 13.1. The fraction of sp³-hybridized carbons (Fsp3) is 0.320. The van der Waals surface area contributed by atoms with Gasteiger partial charge in [-0.3, -0.25) is 9.69 Å². The molecule has 0 spiro atoms. The van der Waals surface area contributed by atoms with Gasteiger partial charge in [-0.1, -0.05) is 24.3 Å². The zero-order valence-electron chi connectivity index (χ0n) is 18.4. The molecule has 8 nitrogen and oxygen atoms in total. The van der Waals surface area contributed by atoms with Crippen molar-refractivity contribution in [2.75, 3.05) is 24.7 Å². The van der Waals surface area contributed by atoms with Crippen molar-refractivity contribution in [3.63, 3.8) is 0 Å². The second-order valence-corrected chi connectivity index (χ2v) is 8.22. The number of cyclic esters (lactones) is 1. The third-order valence-corrected chi connectivity index (χ3v) is 6.18. The molecule has 0 aromatic heterocycles. The van der Waals surface area contributed by atoms with Gasteiger partial charge in [-0.05, 0) is 48.7 Å². The van der Waals surface area contributed by atoms with Crippen LogP contribution in [-0.2, 0) is 20.9 Å². The molecule has 2 aromatic carbocycles. The molecule has 170 valence electrons. The molecule has 3 amide bonds. The van der Waals surface area contributed by atoms with E-state index in [0.29, 0.717) is 30.8 Å². The molecule has 3 heterocycles. The highest BCUT2D eigenvalue weighted by atomic mass is 16.5. The standard InChI is InChI=1S/C25H25N3O5/c1-2-32-19-11-7-17(8-12-19)23-22-20(15-33-24(22)30)28(25(31)26-23)14-16-5-9-18(10-6-16)27-13-3-4-21(27)29/h5-12,23H,2-4,13-15H2,1H3,(H,26,31)/t23-/m0/s1. The van der Waals surface area contributed by atoms with Crippen LogP contribution in [0, 0.1) is 0 Å². The normalized spacial score (nSPS) is 20.2. The van der Waals surface area contributed by atoms with Crippen molar-refractivity contribution in [3.05, 3.63) is 70.9 Å². The number of benzene rings is 2. The van der Waals surface area contributed by atoms with Crippen LogP contribution in [-0.4, -0.2) is 42.6 Å². The first-order valence-corrected chi connectivity index (χ1v) is 11.2. The van der Waals surface area contributed by atoms with Crippen molar-refractivity contribution in [1.29, 1.82) is 0 Å². The van der Waals surface area contributed by atoms with Crippen molar-refractivity contribution in [2.24, 2.45) is 0 Å². The lowest BCUT2D eigenvalue weighted by molar-refractivity contribution is -0.136. The van der Waals surface area contributed by atoms with E-state index in [4.69, 9.17) is 9.47 Å². The van der Waals surface area contributed by atoms with Crippen LogP contribution in [0.1, 0.15) is 36.9 Å². The van der Waals surface area contributed by atoms with E-state index >= 15 is 0 Å². The van der Waals surface area contributed by atoms with E-state index in [2.05, 4.69) is 5.32 Å². The first kappa shape index (κ1) is 21.1. The number of carbonyl (C=O) groups excluding carboxylic acids is 3. The van der Waals surface area contributed by atoms with Crippen molar-refractivity contribution in [3.8, 4) is 5.75 Å². The van der Waals surface area contributed by atoms with Gasteiger partial charge in [0.25, 0.3) is 0 Å². The molecule has 0 unspecified atom stereocenters. The summed E-state index contributed by atoms with van der Waals surface area (Å²) in [6, 6.07) is 14.1. The van der Waals surface area contributed by atoms with Gasteiger partial charge in [-0.25, -0.2) is 9.59 Å². The minimum absolute atomic E-state index is 0.0650. The van der Waals surface area contributed by atoms with Gasteiger partial charge in [0.15, 0.2) is 0 Å². The van der Waals surface area contributed by atoms with E-state index in [1.165, 1.54) is 0 Å². The minimum atomic E-state index is -0.571. The van der Waals surface area contributed by atoms with Crippen molar-refractivity contribution in [2.45, 2.75) is 32.4 Å². The largest absolute Gasteiger partial charge is 0.494 e. The molecule has 33 heavy (non-hydrogen) atoms. The molecule has 3 aliphatic heterocycles. The summed E-state index contributed by atoms with van der Waals surface area (Å²) >= 11 is 0. The average molecular weight is 447 g/mol. The number of anilines is 1. The average Bonchev–Trinajstić information content (AvgIpc) is 3.42. The molecule has 2 aromatic rings. The summed E-state index contributed by atoms with van der Waals surface area (Å²) in [4.78, 5) is 40.9. The molecule has 1 fully saturated rings. The second kappa shape index (κ2) is 8.61. The zero-order chi connectivity index (χ0) is 22.9. The van der Waals surface area contributed by atoms with Gasteiger partial charge < -0.3 is 19.7 Å². The third kappa shape index (κ3) is 3.92. The fourth-order valence-electron chi connectivity index (χ4n) is 4.54. The third-order valence-electron chi connectivity index (χ3n) is 6.18. The maximum atomic E-state index is 13.1. The number of esters is 1. The van der Waals surface area contributed by atoms with Gasteiger partial charge in [-0.15, -0.1) is 0 Å². The summed E-state index contributed by atoms with van der Waals surface area (Å²) in [5.74, 6) is 0.443. The summed E-state index contributed by atoms with van der Waals surface area (Å²) in [7, 11) is 0. The first-order chi connectivity index (χ1) is 16.0.